The molecule has 1 aromatic rings. The highest BCUT2D eigenvalue weighted by atomic mass is 16.5. The molecule has 6 nitrogen and oxygen atoms in total. The zero-order chi connectivity index (χ0) is 18.9. The number of nitrogens with zero attached hydrogens (tertiary/aromatic N) is 1. The summed E-state index contributed by atoms with van der Waals surface area (Å²) >= 11 is 0. The number of esters is 1. The van der Waals surface area contributed by atoms with E-state index in [-0.39, 0.29) is 17.8 Å². The van der Waals surface area contributed by atoms with E-state index in [1.165, 1.54) is 7.11 Å². The number of rotatable bonds is 7. The Morgan fingerprint density at radius 3 is 2.54 bits per heavy atom. The fourth-order valence-corrected chi connectivity index (χ4v) is 2.89. The van der Waals surface area contributed by atoms with Crippen molar-refractivity contribution in [3.63, 3.8) is 0 Å². The first kappa shape index (κ1) is 19.8. The number of hydrogen-bond acceptors (Lipinski definition) is 5. The van der Waals surface area contributed by atoms with Crippen LogP contribution in [0.15, 0.2) is 24.3 Å². The molecule has 1 amide bonds. The molecule has 0 radical (unpaired) electrons. The maximum absolute atomic E-state index is 12.3. The Bertz CT molecular complexity index is 648. The molecule has 1 saturated heterocycles. The van der Waals surface area contributed by atoms with Crippen LogP contribution in [-0.2, 0) is 14.3 Å². The van der Waals surface area contributed by atoms with Crippen LogP contribution in [0, 0.1) is 5.92 Å². The molecule has 0 unspecified atom stereocenters. The highest BCUT2D eigenvalue weighted by molar-refractivity contribution is 5.92. The number of likely N-dealkylation sites (tertiary alicyclic amines) is 1. The van der Waals surface area contributed by atoms with Crippen molar-refractivity contribution in [1.29, 1.82) is 0 Å². The van der Waals surface area contributed by atoms with Crippen molar-refractivity contribution in [1.82, 2.24) is 4.90 Å². The summed E-state index contributed by atoms with van der Waals surface area (Å²) in [7, 11) is 2.99. The molecule has 2 rings (SSSR count). The number of methoxy groups -OCH3 is 2. The van der Waals surface area contributed by atoms with Crippen molar-refractivity contribution in [2.45, 2.75) is 26.2 Å². The number of carbonyl (C=O) groups excluding carboxylic acids is 2. The predicted molar refractivity (Wildman–Crippen MR) is 99.1 cm³/mol. The van der Waals surface area contributed by atoms with Gasteiger partial charge in [0.2, 0.25) is 5.91 Å². The summed E-state index contributed by atoms with van der Waals surface area (Å²) in [6.07, 6.45) is 5.53. The van der Waals surface area contributed by atoms with Crippen LogP contribution in [0.3, 0.4) is 0 Å². The highest BCUT2D eigenvalue weighted by Crippen LogP contribution is 2.28. The predicted octanol–water partition coefficient (Wildman–Crippen LogP) is 2.91. The van der Waals surface area contributed by atoms with E-state index in [2.05, 4.69) is 0 Å². The molecule has 1 aliphatic heterocycles. The average molecular weight is 361 g/mol. The van der Waals surface area contributed by atoms with Crippen LogP contribution in [0.4, 0.5) is 0 Å². The lowest BCUT2D eigenvalue weighted by molar-refractivity contribution is -0.148. The first-order chi connectivity index (χ1) is 12.6. The third kappa shape index (κ3) is 5.25. The zero-order valence-corrected chi connectivity index (χ0v) is 15.7. The minimum Gasteiger partial charge on any atom is -0.493 e. The second kappa shape index (κ2) is 9.85. The summed E-state index contributed by atoms with van der Waals surface area (Å²) in [6, 6.07) is 5.58. The van der Waals surface area contributed by atoms with Crippen LogP contribution in [0.5, 0.6) is 11.5 Å². The van der Waals surface area contributed by atoms with Crippen LogP contribution >= 0.6 is 0 Å². The van der Waals surface area contributed by atoms with E-state index < -0.39 is 0 Å². The summed E-state index contributed by atoms with van der Waals surface area (Å²) in [5.41, 5.74) is 0.864. The zero-order valence-electron chi connectivity index (χ0n) is 15.7. The van der Waals surface area contributed by atoms with Gasteiger partial charge in [-0.3, -0.25) is 9.59 Å². The van der Waals surface area contributed by atoms with E-state index >= 15 is 0 Å². The second-order valence-electron chi connectivity index (χ2n) is 6.21. The van der Waals surface area contributed by atoms with Crippen LogP contribution in [0.1, 0.15) is 31.7 Å². The molecule has 0 aliphatic carbocycles. The van der Waals surface area contributed by atoms with Crippen molar-refractivity contribution < 1.29 is 23.8 Å². The summed E-state index contributed by atoms with van der Waals surface area (Å²) < 4.78 is 15.8. The number of hydrogen-bond donors (Lipinski definition) is 0. The standard InChI is InChI=1S/C20H27NO5/c1-4-13-26-17-7-5-15(14-18(17)24-2)6-8-19(22)21-11-9-16(10-12-21)20(23)25-3/h5-8,14,16H,4,9-13H2,1-3H3/b8-6-. The minimum absolute atomic E-state index is 0.0569. The van der Waals surface area contributed by atoms with Crippen molar-refractivity contribution in [2.24, 2.45) is 5.92 Å². The van der Waals surface area contributed by atoms with Gasteiger partial charge < -0.3 is 19.1 Å². The van der Waals surface area contributed by atoms with Gasteiger partial charge in [0, 0.05) is 19.2 Å². The van der Waals surface area contributed by atoms with E-state index in [0.29, 0.717) is 44.0 Å². The van der Waals surface area contributed by atoms with Gasteiger partial charge >= 0.3 is 5.97 Å². The van der Waals surface area contributed by atoms with E-state index in [9.17, 15) is 9.59 Å². The molecular formula is C20H27NO5. The Kier molecular flexibility index (Phi) is 7.51. The van der Waals surface area contributed by atoms with Gasteiger partial charge in [-0.1, -0.05) is 13.0 Å². The van der Waals surface area contributed by atoms with Gasteiger partial charge in [-0.25, -0.2) is 0 Å². The molecule has 1 fully saturated rings. The van der Waals surface area contributed by atoms with Crippen molar-refractivity contribution in [3.05, 3.63) is 29.8 Å². The molecule has 0 aromatic heterocycles. The average Bonchev–Trinajstić information content (AvgIpc) is 2.70. The quantitative estimate of drug-likeness (QED) is 0.552. The SMILES string of the molecule is CCCOc1ccc(/C=C\C(=O)N2CCC(C(=O)OC)CC2)cc1OC. The number of amides is 1. The van der Waals surface area contributed by atoms with Gasteiger partial charge in [0.25, 0.3) is 0 Å². The molecular weight excluding hydrogens is 334 g/mol. The molecule has 0 atom stereocenters. The Labute approximate surface area is 154 Å². The Hall–Kier alpha value is -2.50. The number of ether oxygens (including phenoxy) is 3. The van der Waals surface area contributed by atoms with Crippen LogP contribution < -0.4 is 9.47 Å². The molecule has 0 N–H and O–H groups in total. The normalized spacial score (nSPS) is 15.1. The van der Waals surface area contributed by atoms with Gasteiger partial charge in [0.1, 0.15) is 0 Å². The third-order valence-electron chi connectivity index (χ3n) is 4.41. The van der Waals surface area contributed by atoms with Gasteiger partial charge in [0.15, 0.2) is 11.5 Å². The van der Waals surface area contributed by atoms with Crippen molar-refractivity contribution >= 4 is 18.0 Å². The van der Waals surface area contributed by atoms with E-state index in [1.54, 1.807) is 24.2 Å². The summed E-state index contributed by atoms with van der Waals surface area (Å²) in [6.45, 7) is 3.81. The fraction of sp³-hybridized carbons (Fsp3) is 0.500. The number of benzene rings is 1. The van der Waals surface area contributed by atoms with E-state index in [1.807, 2.05) is 25.1 Å². The van der Waals surface area contributed by atoms with Crippen molar-refractivity contribution in [2.75, 3.05) is 33.9 Å². The topological polar surface area (TPSA) is 65.1 Å². The molecule has 1 aromatic carbocycles. The Morgan fingerprint density at radius 1 is 1.19 bits per heavy atom. The molecule has 0 bridgehead atoms. The fourth-order valence-electron chi connectivity index (χ4n) is 2.89. The Morgan fingerprint density at radius 2 is 1.92 bits per heavy atom. The van der Waals surface area contributed by atoms with Gasteiger partial charge in [-0.2, -0.15) is 0 Å². The van der Waals surface area contributed by atoms with Crippen LogP contribution in [-0.4, -0.2) is 50.7 Å². The van der Waals surface area contributed by atoms with Crippen molar-refractivity contribution in [3.8, 4) is 11.5 Å². The molecule has 0 spiro atoms. The van der Waals surface area contributed by atoms with Gasteiger partial charge in [-0.15, -0.1) is 0 Å². The van der Waals surface area contributed by atoms with Gasteiger partial charge in [-0.05, 0) is 43.0 Å². The smallest absolute Gasteiger partial charge is 0.308 e. The summed E-state index contributed by atoms with van der Waals surface area (Å²) in [5.74, 6) is 0.992. The van der Waals surface area contributed by atoms with Gasteiger partial charge in [0.05, 0.1) is 26.7 Å². The number of carbonyl (C=O) groups is 2. The maximum atomic E-state index is 12.3. The molecule has 142 valence electrons. The van der Waals surface area contributed by atoms with Crippen LogP contribution in [0.2, 0.25) is 0 Å². The van der Waals surface area contributed by atoms with Crippen LogP contribution in [0.25, 0.3) is 6.08 Å². The lowest BCUT2D eigenvalue weighted by Gasteiger charge is -2.29. The third-order valence-corrected chi connectivity index (χ3v) is 4.41. The highest BCUT2D eigenvalue weighted by Gasteiger charge is 2.26. The molecule has 0 saturated carbocycles. The first-order valence-corrected chi connectivity index (χ1v) is 8.94. The largest absolute Gasteiger partial charge is 0.493 e. The Balaban J connectivity index is 1.94. The minimum atomic E-state index is -0.190. The second-order valence-corrected chi connectivity index (χ2v) is 6.21. The lowest BCUT2D eigenvalue weighted by atomic mass is 9.97. The van der Waals surface area contributed by atoms with E-state index in [0.717, 1.165) is 12.0 Å². The molecule has 6 heteroatoms. The monoisotopic (exact) mass is 361 g/mol. The summed E-state index contributed by atoms with van der Waals surface area (Å²) in [4.78, 5) is 25.6. The maximum Gasteiger partial charge on any atom is 0.308 e. The number of piperidine rings is 1. The summed E-state index contributed by atoms with van der Waals surface area (Å²) in [5, 5.41) is 0. The molecule has 1 aliphatic rings. The first-order valence-electron chi connectivity index (χ1n) is 8.94. The van der Waals surface area contributed by atoms with E-state index in [4.69, 9.17) is 14.2 Å². The molecule has 1 heterocycles. The lowest BCUT2D eigenvalue weighted by Crippen LogP contribution is -2.39. The molecule has 26 heavy (non-hydrogen) atoms.